The molecule has 98 valence electrons. The first-order valence-electron chi connectivity index (χ1n) is 6.37. The predicted octanol–water partition coefficient (Wildman–Crippen LogP) is 5.18. The lowest BCUT2D eigenvalue weighted by Crippen LogP contribution is -2.24. The van der Waals surface area contributed by atoms with E-state index in [4.69, 9.17) is 4.98 Å². The third-order valence-corrected chi connectivity index (χ3v) is 5.67. The Labute approximate surface area is 118 Å². The third kappa shape index (κ3) is 3.78. The van der Waals surface area contributed by atoms with Crippen LogP contribution in [-0.2, 0) is 11.8 Å². The number of rotatable bonds is 5. The second kappa shape index (κ2) is 5.83. The summed E-state index contributed by atoms with van der Waals surface area (Å²) in [7, 11) is 0. The maximum atomic E-state index is 4.81. The Kier molecular flexibility index (Phi) is 5.21. The molecule has 0 saturated carbocycles. The van der Waals surface area contributed by atoms with Crippen molar-refractivity contribution in [1.29, 1.82) is 0 Å². The van der Waals surface area contributed by atoms with Crippen LogP contribution in [-0.4, -0.2) is 10.3 Å². The first kappa shape index (κ1) is 15.2. The normalized spacial score (nSPS) is 13.1. The van der Waals surface area contributed by atoms with Gasteiger partial charge in [0.05, 0.1) is 10.7 Å². The largest absolute Gasteiger partial charge is 0.246 e. The van der Waals surface area contributed by atoms with Gasteiger partial charge in [0.15, 0.2) is 0 Å². The number of hydrogen-bond acceptors (Lipinski definition) is 2. The molecule has 0 aromatic carbocycles. The summed E-state index contributed by atoms with van der Waals surface area (Å²) in [4.78, 5) is 4.81. The number of aromatic nitrogens is 1. The van der Waals surface area contributed by atoms with Crippen LogP contribution in [0.5, 0.6) is 0 Å². The van der Waals surface area contributed by atoms with Crippen molar-refractivity contribution in [3.05, 3.63) is 16.1 Å². The van der Waals surface area contributed by atoms with Gasteiger partial charge >= 0.3 is 0 Å². The molecule has 1 aromatic rings. The van der Waals surface area contributed by atoms with Gasteiger partial charge in [-0.2, -0.15) is 0 Å². The molecular weight excluding hydrogens is 294 g/mol. The zero-order valence-corrected chi connectivity index (χ0v) is 14.0. The Morgan fingerprint density at radius 1 is 1.24 bits per heavy atom. The summed E-state index contributed by atoms with van der Waals surface area (Å²) >= 11 is 5.49. The number of nitrogens with zero attached hydrogens (tertiary/aromatic N) is 1. The highest BCUT2D eigenvalue weighted by Crippen LogP contribution is 2.35. The van der Waals surface area contributed by atoms with E-state index in [0.717, 1.165) is 11.8 Å². The van der Waals surface area contributed by atoms with Crippen molar-refractivity contribution in [3.8, 4) is 0 Å². The minimum atomic E-state index is 0.171. The molecular formula is C14H24BrNS. The minimum absolute atomic E-state index is 0.171. The van der Waals surface area contributed by atoms with Gasteiger partial charge in [-0.1, -0.05) is 50.5 Å². The topological polar surface area (TPSA) is 12.9 Å². The van der Waals surface area contributed by atoms with E-state index in [0.29, 0.717) is 5.41 Å². The predicted molar refractivity (Wildman–Crippen MR) is 81.3 cm³/mol. The molecule has 1 nitrogen and oxygen atoms in total. The van der Waals surface area contributed by atoms with Crippen LogP contribution in [0.3, 0.4) is 0 Å². The summed E-state index contributed by atoms with van der Waals surface area (Å²) in [6, 6.07) is 0. The van der Waals surface area contributed by atoms with E-state index in [9.17, 15) is 0 Å². The van der Waals surface area contributed by atoms with Crippen molar-refractivity contribution < 1.29 is 0 Å². The van der Waals surface area contributed by atoms with Gasteiger partial charge in [-0.15, -0.1) is 11.3 Å². The average molecular weight is 318 g/mol. The highest BCUT2D eigenvalue weighted by Gasteiger charge is 2.27. The molecule has 0 amide bonds. The highest BCUT2D eigenvalue weighted by atomic mass is 79.9. The van der Waals surface area contributed by atoms with Crippen LogP contribution in [0.15, 0.2) is 5.38 Å². The Balaban J connectivity index is 2.85. The second-order valence-corrected chi connectivity index (χ2v) is 7.40. The molecule has 1 aromatic heterocycles. The summed E-state index contributed by atoms with van der Waals surface area (Å²) in [5, 5.41) is 4.58. The SMILES string of the molecule is CCC(CC)(CBr)Cc1nc(C(C)(C)C)cs1. The van der Waals surface area contributed by atoms with Gasteiger partial charge in [0.25, 0.3) is 0 Å². The molecule has 0 bridgehead atoms. The lowest BCUT2D eigenvalue weighted by Gasteiger charge is -2.28. The fourth-order valence-electron chi connectivity index (χ4n) is 1.79. The molecule has 0 radical (unpaired) electrons. The Hall–Kier alpha value is 0.110. The van der Waals surface area contributed by atoms with E-state index in [1.807, 2.05) is 11.3 Å². The number of alkyl halides is 1. The standard InChI is InChI=1S/C14H24BrNS/c1-6-14(7-2,10-15)8-12-16-11(9-17-12)13(3,4)5/h9H,6-8,10H2,1-5H3. The number of hydrogen-bond donors (Lipinski definition) is 0. The number of halogens is 1. The van der Waals surface area contributed by atoms with Crippen LogP contribution in [0.25, 0.3) is 0 Å². The molecule has 0 spiro atoms. The van der Waals surface area contributed by atoms with Crippen LogP contribution >= 0.6 is 27.3 Å². The molecule has 0 unspecified atom stereocenters. The molecule has 0 aliphatic heterocycles. The van der Waals surface area contributed by atoms with Crippen LogP contribution in [0.1, 0.15) is 58.2 Å². The lowest BCUT2D eigenvalue weighted by atomic mass is 9.81. The van der Waals surface area contributed by atoms with Crippen LogP contribution < -0.4 is 0 Å². The first-order valence-corrected chi connectivity index (χ1v) is 8.38. The molecule has 1 heterocycles. The van der Waals surface area contributed by atoms with Gasteiger partial charge in [0.1, 0.15) is 0 Å². The molecule has 17 heavy (non-hydrogen) atoms. The summed E-state index contributed by atoms with van der Waals surface area (Å²) in [6.07, 6.45) is 3.52. The third-order valence-electron chi connectivity index (χ3n) is 3.63. The van der Waals surface area contributed by atoms with E-state index in [-0.39, 0.29) is 5.41 Å². The molecule has 0 aliphatic rings. The number of thiazole rings is 1. The van der Waals surface area contributed by atoms with Crippen LogP contribution in [0, 0.1) is 5.41 Å². The van der Waals surface area contributed by atoms with Crippen LogP contribution in [0.4, 0.5) is 0 Å². The Morgan fingerprint density at radius 2 is 1.82 bits per heavy atom. The Morgan fingerprint density at radius 3 is 2.18 bits per heavy atom. The quantitative estimate of drug-likeness (QED) is 0.681. The van der Waals surface area contributed by atoms with Crippen LogP contribution in [0.2, 0.25) is 0 Å². The van der Waals surface area contributed by atoms with Gasteiger partial charge in [0.2, 0.25) is 0 Å². The van der Waals surface area contributed by atoms with Crippen molar-refractivity contribution in [2.24, 2.45) is 5.41 Å². The molecule has 0 atom stereocenters. The maximum Gasteiger partial charge on any atom is 0.0934 e. The van der Waals surface area contributed by atoms with Gasteiger partial charge in [-0.05, 0) is 18.3 Å². The summed E-state index contributed by atoms with van der Waals surface area (Å²) in [5.41, 5.74) is 1.78. The summed E-state index contributed by atoms with van der Waals surface area (Å²) in [6.45, 7) is 11.2. The monoisotopic (exact) mass is 317 g/mol. The van der Waals surface area contributed by atoms with Gasteiger partial charge in [0, 0.05) is 22.5 Å². The summed E-state index contributed by atoms with van der Waals surface area (Å²) in [5.74, 6) is 0. The lowest BCUT2D eigenvalue weighted by molar-refractivity contribution is 0.306. The van der Waals surface area contributed by atoms with E-state index < -0.39 is 0 Å². The van der Waals surface area contributed by atoms with Gasteiger partial charge in [-0.3, -0.25) is 0 Å². The van der Waals surface area contributed by atoms with Crippen molar-refractivity contribution in [3.63, 3.8) is 0 Å². The van der Waals surface area contributed by atoms with Crippen molar-refractivity contribution in [1.82, 2.24) is 4.98 Å². The van der Waals surface area contributed by atoms with Crippen molar-refractivity contribution in [2.45, 2.75) is 59.3 Å². The van der Waals surface area contributed by atoms with E-state index in [1.165, 1.54) is 23.5 Å². The Bertz CT molecular complexity index is 339. The zero-order chi connectivity index (χ0) is 13.1. The van der Waals surface area contributed by atoms with Crippen molar-refractivity contribution >= 4 is 27.3 Å². The molecule has 3 heteroatoms. The van der Waals surface area contributed by atoms with Gasteiger partial charge in [-0.25, -0.2) is 4.98 Å². The fourth-order valence-corrected chi connectivity index (χ4v) is 3.98. The second-order valence-electron chi connectivity index (χ2n) is 5.89. The summed E-state index contributed by atoms with van der Waals surface area (Å²) < 4.78 is 0. The molecule has 1 rings (SSSR count). The van der Waals surface area contributed by atoms with E-state index in [1.54, 1.807) is 0 Å². The molecule has 0 saturated heterocycles. The average Bonchev–Trinajstić information content (AvgIpc) is 2.74. The minimum Gasteiger partial charge on any atom is -0.246 e. The zero-order valence-electron chi connectivity index (χ0n) is 11.6. The smallest absolute Gasteiger partial charge is 0.0934 e. The molecule has 0 N–H and O–H groups in total. The maximum absolute atomic E-state index is 4.81. The molecule has 0 fully saturated rings. The van der Waals surface area contributed by atoms with E-state index in [2.05, 4.69) is 55.9 Å². The van der Waals surface area contributed by atoms with Crippen molar-refractivity contribution in [2.75, 3.05) is 5.33 Å². The highest BCUT2D eigenvalue weighted by molar-refractivity contribution is 9.09. The van der Waals surface area contributed by atoms with E-state index >= 15 is 0 Å². The van der Waals surface area contributed by atoms with Gasteiger partial charge < -0.3 is 0 Å². The molecule has 0 aliphatic carbocycles. The fraction of sp³-hybridized carbons (Fsp3) is 0.786. The first-order chi connectivity index (χ1) is 7.87.